The van der Waals surface area contributed by atoms with Crippen LogP contribution >= 0.6 is 11.8 Å². The molecule has 8 bridgehead atoms. The Morgan fingerprint density at radius 1 is 0.354 bits per heavy atom. The molecule has 1 fully saturated rings. The Kier molecular flexibility index (Phi) is 13.8. The number of aromatic nitrogens is 4. The fraction of sp³-hybridized carbons (Fsp3) is 0.120. The summed E-state index contributed by atoms with van der Waals surface area (Å²) in [5.41, 5.74) is -22.9. The standard InChI is InChI=1S/C50H21F19N4O5S/c51-27-23(28(52)36(60)41(65)35(27)59)19-10-1-3-12(70-10)20(24-29(53)37(61)42(66)38(62)30(24)54)14-5-7-16(72-14)22(26-33(57)44(68)49(45(69)34(26)58)79-50-48(77)47(76)46(75)18(9-74)78-50)17-8-6-15(73-17)21(13-4-2-11(19)71-13)25-31(55)39(63)43(67)40(64)32(25)56/h1-8,18,46-48,50,70,73-77H,9H2/t18-,46-,47+,48-,50+/m1/s1. The van der Waals surface area contributed by atoms with E-state index in [4.69, 9.17) is 4.74 Å². The Morgan fingerprint density at radius 2 is 0.608 bits per heavy atom. The highest BCUT2D eigenvalue weighted by Gasteiger charge is 2.45. The number of aliphatic hydroxyl groups excluding tert-OH is 4. The summed E-state index contributed by atoms with van der Waals surface area (Å²) in [6.07, 6.45) is -5.85. The third-order valence-electron chi connectivity index (χ3n) is 12.7. The minimum atomic E-state index is -2.74. The van der Waals surface area contributed by atoms with Crippen molar-refractivity contribution in [3.63, 3.8) is 0 Å². The molecule has 79 heavy (non-hydrogen) atoms. The number of nitrogens with one attached hydrogen (secondary N) is 2. The van der Waals surface area contributed by atoms with Crippen molar-refractivity contribution < 1.29 is 109 Å². The molecule has 0 amide bonds. The van der Waals surface area contributed by atoms with E-state index in [-0.39, 0.29) is 11.8 Å². The molecule has 6 heterocycles. The smallest absolute Gasteiger partial charge is 0.200 e. The van der Waals surface area contributed by atoms with Crippen molar-refractivity contribution in [2.45, 2.75) is 34.7 Å². The third-order valence-corrected chi connectivity index (χ3v) is 13.9. The number of thioether (sulfide) groups is 1. The van der Waals surface area contributed by atoms with E-state index in [1.54, 1.807) is 0 Å². The Hall–Kier alpha value is -7.70. The molecule has 410 valence electrons. The van der Waals surface area contributed by atoms with Crippen molar-refractivity contribution >= 4 is 58.1 Å². The van der Waals surface area contributed by atoms with Gasteiger partial charge in [-0.25, -0.2) is 93.4 Å². The van der Waals surface area contributed by atoms with Gasteiger partial charge in [0.1, 0.15) is 29.9 Å². The second kappa shape index (κ2) is 19.9. The van der Waals surface area contributed by atoms with Crippen molar-refractivity contribution in [1.82, 2.24) is 19.9 Å². The maximum atomic E-state index is 16.9. The zero-order chi connectivity index (χ0) is 57.3. The van der Waals surface area contributed by atoms with Crippen molar-refractivity contribution in [3.8, 4) is 44.5 Å². The molecule has 7 aromatic rings. The molecule has 4 aromatic carbocycles. The van der Waals surface area contributed by atoms with Crippen LogP contribution in [0.4, 0.5) is 83.4 Å². The van der Waals surface area contributed by atoms with Gasteiger partial charge in [0.15, 0.2) is 93.1 Å². The normalized spacial score (nSPS) is 18.1. The first-order chi connectivity index (χ1) is 37.3. The lowest BCUT2D eigenvalue weighted by atomic mass is 10.0. The monoisotopic (exact) mass is 1150 g/mol. The number of hydrogen-bond donors (Lipinski definition) is 6. The molecular weight excluding hydrogens is 1130 g/mol. The average molecular weight is 1150 g/mol. The fourth-order valence-electron chi connectivity index (χ4n) is 8.95. The van der Waals surface area contributed by atoms with Gasteiger partial charge in [0, 0.05) is 44.3 Å². The number of halogens is 19. The number of hydrogen-bond acceptors (Lipinski definition) is 8. The first kappa shape index (κ1) is 54.6. The molecule has 3 aliphatic rings. The Morgan fingerprint density at radius 3 is 0.873 bits per heavy atom. The molecule has 9 nitrogen and oxygen atoms in total. The molecule has 0 radical (unpaired) electrons. The molecule has 5 atom stereocenters. The average Bonchev–Trinajstić information content (AvgIpc) is 4.37. The van der Waals surface area contributed by atoms with Gasteiger partial charge >= 0.3 is 0 Å². The van der Waals surface area contributed by atoms with E-state index in [9.17, 15) is 33.6 Å². The molecule has 6 N–H and O–H groups in total. The molecule has 0 unspecified atom stereocenters. The summed E-state index contributed by atoms with van der Waals surface area (Å²) in [6.45, 7) is -1.08. The van der Waals surface area contributed by atoms with Crippen molar-refractivity contribution in [2.75, 3.05) is 6.61 Å². The van der Waals surface area contributed by atoms with Crippen LogP contribution in [0.25, 0.3) is 90.9 Å². The van der Waals surface area contributed by atoms with Crippen molar-refractivity contribution in [2.24, 2.45) is 0 Å². The number of aromatic amines is 2. The maximum absolute atomic E-state index is 16.9. The molecule has 0 saturated carbocycles. The van der Waals surface area contributed by atoms with Gasteiger partial charge in [-0.15, -0.1) is 0 Å². The molecular formula is C50H21F19N4O5S. The first-order valence-corrected chi connectivity index (χ1v) is 22.8. The van der Waals surface area contributed by atoms with E-state index in [1.165, 1.54) is 0 Å². The maximum Gasteiger partial charge on any atom is 0.200 e. The highest BCUT2D eigenvalue weighted by Crippen LogP contribution is 2.46. The number of H-pyrrole nitrogens is 2. The first-order valence-electron chi connectivity index (χ1n) is 21.9. The highest BCUT2D eigenvalue weighted by molar-refractivity contribution is 7.99. The minimum Gasteiger partial charge on any atom is -0.394 e. The number of nitrogens with zero attached hydrogens (tertiary/aromatic N) is 2. The van der Waals surface area contributed by atoms with Gasteiger partial charge in [-0.2, -0.15) is 0 Å². The van der Waals surface area contributed by atoms with Crippen LogP contribution in [0.1, 0.15) is 22.8 Å². The largest absolute Gasteiger partial charge is 0.394 e. The van der Waals surface area contributed by atoms with E-state index >= 15 is 70.2 Å². The predicted octanol–water partition coefficient (Wildman–Crippen LogP) is 11.9. The third kappa shape index (κ3) is 8.34. The highest BCUT2D eigenvalue weighted by atomic mass is 32.2. The van der Waals surface area contributed by atoms with Crippen LogP contribution in [0, 0.1) is 111 Å². The zero-order valence-corrected chi connectivity index (χ0v) is 38.7. The van der Waals surface area contributed by atoms with Crippen LogP contribution in [-0.2, 0) is 4.74 Å². The number of aliphatic hydroxyl groups is 4. The summed E-state index contributed by atoms with van der Waals surface area (Å²) in [7, 11) is 0. The van der Waals surface area contributed by atoms with Crippen LogP contribution < -0.4 is 0 Å². The predicted molar refractivity (Wildman–Crippen MR) is 239 cm³/mol. The van der Waals surface area contributed by atoms with E-state index in [1.807, 2.05) is 0 Å². The van der Waals surface area contributed by atoms with Crippen LogP contribution in [0.2, 0.25) is 0 Å². The topological polar surface area (TPSA) is 148 Å². The van der Waals surface area contributed by atoms with E-state index in [0.29, 0.717) is 48.6 Å². The Bertz CT molecular complexity index is 3890. The second-order valence-electron chi connectivity index (χ2n) is 17.1. The van der Waals surface area contributed by atoms with E-state index in [0.717, 1.165) is 0 Å². The Balaban J connectivity index is 1.40. The van der Waals surface area contributed by atoms with E-state index in [2.05, 4.69) is 19.9 Å². The summed E-state index contributed by atoms with van der Waals surface area (Å²) in [6, 6.07) is 2.50. The number of ether oxygens (including phenoxy) is 1. The zero-order valence-electron chi connectivity index (χ0n) is 37.9. The summed E-state index contributed by atoms with van der Waals surface area (Å²) < 4.78 is 302. The van der Waals surface area contributed by atoms with Crippen LogP contribution in [-0.4, -0.2) is 76.8 Å². The fourth-order valence-corrected chi connectivity index (χ4v) is 10.1. The van der Waals surface area contributed by atoms with Gasteiger partial charge in [0.05, 0.1) is 56.5 Å². The molecule has 0 aliphatic carbocycles. The van der Waals surface area contributed by atoms with Gasteiger partial charge in [0.25, 0.3) is 0 Å². The summed E-state index contributed by atoms with van der Waals surface area (Å²) >= 11 is -0.330. The van der Waals surface area contributed by atoms with Gasteiger partial charge < -0.3 is 35.1 Å². The quantitative estimate of drug-likeness (QED) is 0.0525. The van der Waals surface area contributed by atoms with Crippen molar-refractivity contribution in [3.05, 3.63) is 158 Å². The number of fused-ring (bicyclic) bond motifs is 8. The molecule has 10 rings (SSSR count). The van der Waals surface area contributed by atoms with Gasteiger partial charge in [-0.05, 0) is 48.6 Å². The van der Waals surface area contributed by atoms with Gasteiger partial charge in [0.2, 0.25) is 17.5 Å². The summed E-state index contributed by atoms with van der Waals surface area (Å²) in [4.78, 5) is 10.9. The second-order valence-corrected chi connectivity index (χ2v) is 18.2. The summed E-state index contributed by atoms with van der Waals surface area (Å²) in [5, 5.41) is 40.6. The van der Waals surface area contributed by atoms with Gasteiger partial charge in [-0.1, -0.05) is 11.8 Å². The lowest BCUT2D eigenvalue weighted by Gasteiger charge is -2.39. The molecule has 1 saturated heterocycles. The Labute approximate surface area is 429 Å². The summed E-state index contributed by atoms with van der Waals surface area (Å²) in [5.74, 6) is -49.4. The van der Waals surface area contributed by atoms with Crippen molar-refractivity contribution in [1.29, 1.82) is 0 Å². The lowest BCUT2D eigenvalue weighted by Crippen LogP contribution is -2.57. The SMILES string of the molecule is OC[C@H]1O[C@@H](Sc2c(F)c(F)c(-c3c4nc(c(-c5c(F)c(F)c(F)c(F)c5F)c5ccc([nH]5)c(-c5c(F)c(F)c(F)c(F)c5F)c5nc(c(-c6c(F)c(F)c(F)c(F)c6F)c6ccc3[nH]6)C=C5)C=C4)c(F)c2F)[C@H](O)[C@@H](O)[C@@H]1O. The van der Waals surface area contributed by atoms with Crippen LogP contribution in [0.3, 0.4) is 0 Å². The van der Waals surface area contributed by atoms with E-state index < -0.39 is 241 Å². The van der Waals surface area contributed by atoms with Gasteiger partial charge in [-0.3, -0.25) is 0 Å². The molecule has 3 aliphatic heterocycles. The number of rotatable bonds is 7. The molecule has 29 heteroatoms. The van der Waals surface area contributed by atoms with Crippen LogP contribution in [0.5, 0.6) is 0 Å². The van der Waals surface area contributed by atoms with Crippen LogP contribution in [0.15, 0.2) is 29.2 Å². The molecule has 3 aromatic heterocycles. The lowest BCUT2D eigenvalue weighted by molar-refractivity contribution is -0.205. The molecule has 0 spiro atoms. The number of benzene rings is 4. The minimum absolute atomic E-state index is 0.330.